The summed E-state index contributed by atoms with van der Waals surface area (Å²) in [5.41, 5.74) is 10.4. The summed E-state index contributed by atoms with van der Waals surface area (Å²) in [5, 5.41) is 12.0. The van der Waals surface area contributed by atoms with E-state index in [0.29, 0.717) is 10.8 Å². The number of nitrogens with two attached hydrogens (primary N) is 1. The van der Waals surface area contributed by atoms with Crippen LogP contribution in [-0.4, -0.2) is 26.4 Å². The van der Waals surface area contributed by atoms with Crippen molar-refractivity contribution >= 4 is 29.0 Å². The predicted molar refractivity (Wildman–Crippen MR) is 106 cm³/mol. The van der Waals surface area contributed by atoms with Crippen molar-refractivity contribution in [1.82, 2.24) is 14.8 Å². The average molecular weight is 367 g/mol. The van der Waals surface area contributed by atoms with Crippen LogP contribution in [0, 0.1) is 13.8 Å². The minimum atomic E-state index is -0.0704. The third kappa shape index (κ3) is 4.05. The van der Waals surface area contributed by atoms with Gasteiger partial charge in [-0.05, 0) is 49.7 Å². The molecule has 1 amide bonds. The van der Waals surface area contributed by atoms with Crippen LogP contribution in [0.4, 0.5) is 11.4 Å². The van der Waals surface area contributed by atoms with Crippen molar-refractivity contribution < 1.29 is 4.79 Å². The van der Waals surface area contributed by atoms with Gasteiger partial charge in [0.05, 0.1) is 5.75 Å². The lowest BCUT2D eigenvalue weighted by atomic mass is 10.1. The van der Waals surface area contributed by atoms with Gasteiger partial charge in [0, 0.05) is 24.0 Å². The number of aryl methyl sites for hydroxylation is 2. The summed E-state index contributed by atoms with van der Waals surface area (Å²) in [4.78, 5) is 12.2. The Morgan fingerprint density at radius 3 is 2.58 bits per heavy atom. The minimum Gasteiger partial charge on any atom is -0.399 e. The molecular weight excluding hydrogens is 346 g/mol. The summed E-state index contributed by atoms with van der Waals surface area (Å²) >= 11 is 1.35. The van der Waals surface area contributed by atoms with Crippen molar-refractivity contribution in [3.8, 4) is 11.4 Å². The number of thioether (sulfide) groups is 1. The normalized spacial score (nSPS) is 10.7. The Morgan fingerprint density at radius 1 is 1.15 bits per heavy atom. The highest BCUT2D eigenvalue weighted by atomic mass is 32.2. The molecule has 3 rings (SSSR count). The predicted octanol–water partition coefficient (Wildman–Crippen LogP) is 3.41. The van der Waals surface area contributed by atoms with Gasteiger partial charge in [0.1, 0.15) is 0 Å². The molecule has 0 aliphatic heterocycles. The van der Waals surface area contributed by atoms with Crippen LogP contribution in [0.5, 0.6) is 0 Å². The number of aromatic nitrogens is 3. The monoisotopic (exact) mass is 367 g/mol. The summed E-state index contributed by atoms with van der Waals surface area (Å²) in [6.45, 7) is 4.01. The Labute approximate surface area is 156 Å². The van der Waals surface area contributed by atoms with Gasteiger partial charge in [-0.3, -0.25) is 4.79 Å². The summed E-state index contributed by atoms with van der Waals surface area (Å²) in [6, 6.07) is 13.4. The van der Waals surface area contributed by atoms with Gasteiger partial charge in [-0.15, -0.1) is 10.2 Å². The van der Waals surface area contributed by atoms with Gasteiger partial charge in [-0.25, -0.2) is 0 Å². The molecule has 0 aliphatic rings. The fourth-order valence-electron chi connectivity index (χ4n) is 2.59. The Bertz CT molecular complexity index is 934. The smallest absolute Gasteiger partial charge is 0.234 e. The first kappa shape index (κ1) is 18.0. The quantitative estimate of drug-likeness (QED) is 0.533. The number of rotatable bonds is 5. The highest BCUT2D eigenvalue weighted by molar-refractivity contribution is 7.99. The molecule has 0 bridgehead atoms. The van der Waals surface area contributed by atoms with Crippen molar-refractivity contribution in [3.05, 3.63) is 53.6 Å². The molecule has 1 heterocycles. The van der Waals surface area contributed by atoms with Crippen molar-refractivity contribution in [1.29, 1.82) is 0 Å². The number of hydrogen-bond donors (Lipinski definition) is 2. The van der Waals surface area contributed by atoms with E-state index in [2.05, 4.69) is 15.5 Å². The maximum absolute atomic E-state index is 12.2. The lowest BCUT2D eigenvalue weighted by Gasteiger charge is -2.09. The molecule has 3 N–H and O–H groups in total. The molecule has 0 fully saturated rings. The lowest BCUT2D eigenvalue weighted by Crippen LogP contribution is -2.15. The second-order valence-electron chi connectivity index (χ2n) is 6.14. The molecule has 2 aromatic carbocycles. The molecule has 7 heteroatoms. The minimum absolute atomic E-state index is 0.0704. The maximum atomic E-state index is 12.2. The molecule has 0 radical (unpaired) electrons. The van der Waals surface area contributed by atoms with Crippen molar-refractivity contribution in [3.63, 3.8) is 0 Å². The number of amides is 1. The molecule has 3 aromatic rings. The van der Waals surface area contributed by atoms with E-state index in [-0.39, 0.29) is 11.7 Å². The summed E-state index contributed by atoms with van der Waals surface area (Å²) < 4.78 is 1.88. The number of carbonyl (C=O) groups excluding carboxylic acids is 1. The molecule has 134 valence electrons. The molecule has 0 saturated carbocycles. The number of carbonyl (C=O) groups is 1. The second-order valence-corrected chi connectivity index (χ2v) is 7.08. The first-order chi connectivity index (χ1) is 12.4. The molecule has 26 heavy (non-hydrogen) atoms. The molecule has 1 aromatic heterocycles. The van der Waals surface area contributed by atoms with Crippen LogP contribution < -0.4 is 11.1 Å². The zero-order valence-electron chi connectivity index (χ0n) is 15.0. The van der Waals surface area contributed by atoms with E-state index in [1.807, 2.05) is 67.9 Å². The second kappa shape index (κ2) is 7.61. The van der Waals surface area contributed by atoms with Crippen LogP contribution in [0.25, 0.3) is 11.4 Å². The summed E-state index contributed by atoms with van der Waals surface area (Å²) in [6.07, 6.45) is 0. The van der Waals surface area contributed by atoms with E-state index < -0.39 is 0 Å². The van der Waals surface area contributed by atoms with E-state index in [0.717, 1.165) is 22.6 Å². The van der Waals surface area contributed by atoms with Gasteiger partial charge in [0.25, 0.3) is 0 Å². The first-order valence-electron chi connectivity index (χ1n) is 8.19. The fraction of sp³-hybridized carbons (Fsp3) is 0.211. The Kier molecular flexibility index (Phi) is 5.27. The SMILES string of the molecule is Cc1ccc(NC(=O)CSc2nnc(-c3ccc(N)cc3)n2C)c(C)c1. The number of hydrogen-bond acceptors (Lipinski definition) is 5. The molecule has 0 aliphatic carbocycles. The molecule has 0 spiro atoms. The van der Waals surface area contributed by atoms with Crippen LogP contribution >= 0.6 is 11.8 Å². The van der Waals surface area contributed by atoms with Gasteiger partial charge in [-0.1, -0.05) is 29.5 Å². The van der Waals surface area contributed by atoms with E-state index in [1.54, 1.807) is 0 Å². The number of benzene rings is 2. The average Bonchev–Trinajstić information content (AvgIpc) is 2.97. The Morgan fingerprint density at radius 2 is 1.88 bits per heavy atom. The third-order valence-electron chi connectivity index (χ3n) is 3.99. The highest BCUT2D eigenvalue weighted by Crippen LogP contribution is 2.24. The zero-order valence-corrected chi connectivity index (χ0v) is 15.8. The van der Waals surface area contributed by atoms with Gasteiger partial charge in [0.2, 0.25) is 5.91 Å². The molecule has 0 atom stereocenters. The number of nitrogens with one attached hydrogen (secondary N) is 1. The van der Waals surface area contributed by atoms with Crippen LogP contribution in [0.15, 0.2) is 47.6 Å². The molecular formula is C19H21N5OS. The van der Waals surface area contributed by atoms with Crippen molar-refractivity contribution in [2.75, 3.05) is 16.8 Å². The third-order valence-corrected chi connectivity index (χ3v) is 5.01. The Balaban J connectivity index is 1.64. The van der Waals surface area contributed by atoms with E-state index >= 15 is 0 Å². The zero-order chi connectivity index (χ0) is 18.7. The standard InChI is InChI=1S/C19H21N5OS/c1-12-4-9-16(13(2)10-12)21-17(25)11-26-19-23-22-18(24(19)3)14-5-7-15(20)8-6-14/h4-10H,11,20H2,1-3H3,(H,21,25). The van der Waals surface area contributed by atoms with Crippen LogP contribution in [0.3, 0.4) is 0 Å². The summed E-state index contributed by atoms with van der Waals surface area (Å²) in [5.74, 6) is 0.933. The number of nitrogens with zero attached hydrogens (tertiary/aromatic N) is 3. The van der Waals surface area contributed by atoms with Gasteiger partial charge in [0.15, 0.2) is 11.0 Å². The van der Waals surface area contributed by atoms with E-state index in [9.17, 15) is 4.79 Å². The highest BCUT2D eigenvalue weighted by Gasteiger charge is 2.13. The topological polar surface area (TPSA) is 85.8 Å². The summed E-state index contributed by atoms with van der Waals surface area (Å²) in [7, 11) is 1.88. The number of nitrogen functional groups attached to an aromatic ring is 1. The maximum Gasteiger partial charge on any atom is 0.234 e. The molecule has 0 unspecified atom stereocenters. The van der Waals surface area contributed by atoms with E-state index in [1.165, 1.54) is 17.3 Å². The fourth-order valence-corrected chi connectivity index (χ4v) is 3.31. The van der Waals surface area contributed by atoms with Crippen LogP contribution in [-0.2, 0) is 11.8 Å². The van der Waals surface area contributed by atoms with Gasteiger partial charge < -0.3 is 15.6 Å². The number of anilines is 2. The van der Waals surface area contributed by atoms with Crippen LogP contribution in [0.1, 0.15) is 11.1 Å². The van der Waals surface area contributed by atoms with Crippen molar-refractivity contribution in [2.24, 2.45) is 7.05 Å². The van der Waals surface area contributed by atoms with Gasteiger partial charge in [-0.2, -0.15) is 0 Å². The van der Waals surface area contributed by atoms with Crippen LogP contribution in [0.2, 0.25) is 0 Å². The largest absolute Gasteiger partial charge is 0.399 e. The molecule has 6 nitrogen and oxygen atoms in total. The Hall–Kier alpha value is -2.80. The first-order valence-corrected chi connectivity index (χ1v) is 9.18. The van der Waals surface area contributed by atoms with E-state index in [4.69, 9.17) is 5.73 Å². The molecule has 0 saturated heterocycles. The lowest BCUT2D eigenvalue weighted by molar-refractivity contribution is -0.113. The van der Waals surface area contributed by atoms with Gasteiger partial charge >= 0.3 is 0 Å². The van der Waals surface area contributed by atoms with Crippen molar-refractivity contribution in [2.45, 2.75) is 19.0 Å².